The highest BCUT2D eigenvalue weighted by Gasteiger charge is 2.16. The Labute approximate surface area is 132 Å². The van der Waals surface area contributed by atoms with Crippen molar-refractivity contribution >= 4 is 18.3 Å². The molecule has 0 aliphatic rings. The number of rotatable bonds is 7. The Kier molecular flexibility index (Phi) is 8.81. The summed E-state index contributed by atoms with van der Waals surface area (Å²) in [4.78, 5) is 11.8. The van der Waals surface area contributed by atoms with Crippen LogP contribution >= 0.6 is 12.4 Å². The van der Waals surface area contributed by atoms with Gasteiger partial charge in [0.05, 0.1) is 14.2 Å². The van der Waals surface area contributed by atoms with Gasteiger partial charge in [0.1, 0.15) is 0 Å². The quantitative estimate of drug-likeness (QED) is 0.804. The number of ether oxygens (including phenoxy) is 2. The highest BCUT2D eigenvalue weighted by Crippen LogP contribution is 2.27. The molecule has 6 heteroatoms. The van der Waals surface area contributed by atoms with E-state index < -0.39 is 0 Å². The van der Waals surface area contributed by atoms with Gasteiger partial charge in [0.2, 0.25) is 5.91 Å². The van der Waals surface area contributed by atoms with Crippen LogP contribution in [0.1, 0.15) is 19.4 Å². The Morgan fingerprint density at radius 1 is 1.24 bits per heavy atom. The fourth-order valence-corrected chi connectivity index (χ4v) is 1.77. The summed E-state index contributed by atoms with van der Waals surface area (Å²) in [5, 5.41) is 2.89. The molecule has 0 aromatic heterocycles. The molecule has 0 saturated heterocycles. The van der Waals surface area contributed by atoms with Crippen LogP contribution in [-0.4, -0.2) is 32.7 Å². The Morgan fingerprint density at radius 2 is 1.86 bits per heavy atom. The molecule has 1 aromatic rings. The Balaban J connectivity index is 0.00000400. The summed E-state index contributed by atoms with van der Waals surface area (Å²) in [6.45, 7) is 4.24. The van der Waals surface area contributed by atoms with E-state index in [1.54, 1.807) is 14.2 Å². The zero-order valence-electron chi connectivity index (χ0n) is 13.0. The maximum Gasteiger partial charge on any atom is 0.224 e. The molecule has 0 radical (unpaired) electrons. The topological polar surface area (TPSA) is 73.6 Å². The number of benzene rings is 1. The second kappa shape index (κ2) is 9.47. The predicted octanol–water partition coefficient (Wildman–Crippen LogP) is 1.77. The minimum atomic E-state index is -0.180. The molecule has 1 aromatic carbocycles. The van der Waals surface area contributed by atoms with Crippen molar-refractivity contribution in [2.75, 3.05) is 20.8 Å². The van der Waals surface area contributed by atoms with E-state index >= 15 is 0 Å². The van der Waals surface area contributed by atoms with Gasteiger partial charge < -0.3 is 20.5 Å². The summed E-state index contributed by atoms with van der Waals surface area (Å²) in [5.74, 6) is 1.20. The normalized spacial score (nSPS) is 12.8. The van der Waals surface area contributed by atoms with E-state index in [9.17, 15) is 4.79 Å². The van der Waals surface area contributed by atoms with Crippen molar-refractivity contribution in [2.24, 2.45) is 11.7 Å². The minimum absolute atomic E-state index is 0. The number of hydrogen-bond acceptors (Lipinski definition) is 4. The summed E-state index contributed by atoms with van der Waals surface area (Å²) in [7, 11) is 3.21. The number of halogens is 1. The van der Waals surface area contributed by atoms with Crippen LogP contribution in [-0.2, 0) is 11.2 Å². The first-order valence-corrected chi connectivity index (χ1v) is 6.73. The zero-order chi connectivity index (χ0) is 15.1. The number of carbonyl (C=O) groups excluding carboxylic acids is 1. The fourth-order valence-electron chi connectivity index (χ4n) is 1.77. The first kappa shape index (κ1) is 19.5. The molecule has 0 fully saturated rings. The Morgan fingerprint density at radius 3 is 2.38 bits per heavy atom. The van der Waals surface area contributed by atoms with E-state index in [0.717, 1.165) is 12.0 Å². The van der Waals surface area contributed by atoms with E-state index in [-0.39, 0.29) is 30.3 Å². The molecular formula is C15H25ClN2O3. The lowest BCUT2D eigenvalue weighted by atomic mass is 10.0. The van der Waals surface area contributed by atoms with Crippen LogP contribution in [0.15, 0.2) is 18.2 Å². The van der Waals surface area contributed by atoms with Crippen molar-refractivity contribution in [2.45, 2.75) is 26.3 Å². The first-order chi connectivity index (χ1) is 9.49. The standard InChI is InChI=1S/C15H24N2O3.ClH/c1-10(11(2)16)15(18)17-8-7-12-5-6-13(19-3)14(9-12)20-4;/h5-6,9-11H,7-8,16H2,1-4H3,(H,17,18);1H. The summed E-state index contributed by atoms with van der Waals surface area (Å²) < 4.78 is 10.4. The van der Waals surface area contributed by atoms with E-state index in [1.165, 1.54) is 0 Å². The van der Waals surface area contributed by atoms with Crippen LogP contribution in [0.4, 0.5) is 0 Å². The van der Waals surface area contributed by atoms with Crippen LogP contribution < -0.4 is 20.5 Å². The summed E-state index contributed by atoms with van der Waals surface area (Å²) in [6, 6.07) is 5.60. The fraction of sp³-hybridized carbons (Fsp3) is 0.533. The third-order valence-electron chi connectivity index (χ3n) is 3.36. The van der Waals surface area contributed by atoms with Gasteiger partial charge in [-0.15, -0.1) is 12.4 Å². The SMILES string of the molecule is COc1ccc(CCNC(=O)C(C)C(C)N)cc1OC.Cl. The van der Waals surface area contributed by atoms with Gasteiger partial charge in [-0.1, -0.05) is 13.0 Å². The average Bonchev–Trinajstić information content (AvgIpc) is 2.45. The van der Waals surface area contributed by atoms with Crippen molar-refractivity contribution in [3.05, 3.63) is 23.8 Å². The maximum absolute atomic E-state index is 11.8. The molecule has 120 valence electrons. The van der Waals surface area contributed by atoms with Crippen molar-refractivity contribution < 1.29 is 14.3 Å². The molecule has 2 atom stereocenters. The molecule has 0 spiro atoms. The molecule has 5 nitrogen and oxygen atoms in total. The summed E-state index contributed by atoms with van der Waals surface area (Å²) >= 11 is 0. The average molecular weight is 317 g/mol. The van der Waals surface area contributed by atoms with Crippen molar-refractivity contribution in [1.29, 1.82) is 0 Å². The van der Waals surface area contributed by atoms with Crippen LogP contribution in [0.25, 0.3) is 0 Å². The largest absolute Gasteiger partial charge is 0.493 e. The highest BCUT2D eigenvalue weighted by molar-refractivity contribution is 5.85. The molecule has 1 rings (SSSR count). The van der Waals surface area contributed by atoms with Crippen LogP contribution in [0.2, 0.25) is 0 Å². The van der Waals surface area contributed by atoms with Gasteiger partial charge in [-0.25, -0.2) is 0 Å². The first-order valence-electron chi connectivity index (χ1n) is 6.73. The smallest absolute Gasteiger partial charge is 0.224 e. The molecule has 0 heterocycles. The summed E-state index contributed by atoms with van der Waals surface area (Å²) in [5.41, 5.74) is 6.78. The van der Waals surface area contributed by atoms with Crippen LogP contribution in [0, 0.1) is 5.92 Å². The van der Waals surface area contributed by atoms with Gasteiger partial charge in [0.15, 0.2) is 11.5 Å². The van der Waals surface area contributed by atoms with Gasteiger partial charge in [0, 0.05) is 18.5 Å². The lowest BCUT2D eigenvalue weighted by Crippen LogP contribution is -2.39. The van der Waals surface area contributed by atoms with Gasteiger partial charge >= 0.3 is 0 Å². The molecule has 0 bridgehead atoms. The van der Waals surface area contributed by atoms with Gasteiger partial charge in [-0.2, -0.15) is 0 Å². The van der Waals surface area contributed by atoms with E-state index in [4.69, 9.17) is 15.2 Å². The van der Waals surface area contributed by atoms with Crippen molar-refractivity contribution in [3.8, 4) is 11.5 Å². The number of amides is 1. The second-order valence-corrected chi connectivity index (χ2v) is 4.88. The molecule has 0 aliphatic carbocycles. The number of nitrogens with two attached hydrogens (primary N) is 1. The number of carbonyl (C=O) groups is 1. The third-order valence-corrected chi connectivity index (χ3v) is 3.36. The van der Waals surface area contributed by atoms with E-state index in [0.29, 0.717) is 18.0 Å². The number of methoxy groups -OCH3 is 2. The Hall–Kier alpha value is -1.46. The van der Waals surface area contributed by atoms with E-state index in [2.05, 4.69) is 5.32 Å². The molecule has 1 amide bonds. The van der Waals surface area contributed by atoms with Crippen molar-refractivity contribution in [1.82, 2.24) is 5.32 Å². The predicted molar refractivity (Wildman–Crippen MR) is 86.3 cm³/mol. The number of hydrogen-bond donors (Lipinski definition) is 2. The van der Waals surface area contributed by atoms with Crippen LogP contribution in [0.3, 0.4) is 0 Å². The Bertz CT molecular complexity index is 453. The molecule has 3 N–H and O–H groups in total. The van der Waals surface area contributed by atoms with E-state index in [1.807, 2.05) is 32.0 Å². The molecule has 2 unspecified atom stereocenters. The molecule has 0 aliphatic heterocycles. The second-order valence-electron chi connectivity index (χ2n) is 4.88. The third kappa shape index (κ3) is 5.81. The van der Waals surface area contributed by atoms with Crippen LogP contribution in [0.5, 0.6) is 11.5 Å². The summed E-state index contributed by atoms with van der Waals surface area (Å²) in [6.07, 6.45) is 0.734. The van der Waals surface area contributed by atoms with Crippen molar-refractivity contribution in [3.63, 3.8) is 0 Å². The highest BCUT2D eigenvalue weighted by atomic mass is 35.5. The lowest BCUT2D eigenvalue weighted by molar-refractivity contribution is -0.124. The van der Waals surface area contributed by atoms with Gasteiger partial charge in [-0.3, -0.25) is 4.79 Å². The minimum Gasteiger partial charge on any atom is -0.493 e. The maximum atomic E-state index is 11.8. The molecular weight excluding hydrogens is 292 g/mol. The lowest BCUT2D eigenvalue weighted by Gasteiger charge is -2.15. The van der Waals surface area contributed by atoms with Gasteiger partial charge in [-0.05, 0) is 31.0 Å². The zero-order valence-corrected chi connectivity index (χ0v) is 13.8. The molecule has 0 saturated carbocycles. The number of nitrogens with one attached hydrogen (secondary N) is 1. The van der Waals surface area contributed by atoms with Gasteiger partial charge in [0.25, 0.3) is 0 Å². The molecule has 21 heavy (non-hydrogen) atoms. The monoisotopic (exact) mass is 316 g/mol.